The minimum Gasteiger partial charge on any atom is -0.493 e. The van der Waals surface area contributed by atoms with Gasteiger partial charge in [-0.25, -0.2) is 0 Å². The Kier molecular flexibility index (Phi) is 9.57. The summed E-state index contributed by atoms with van der Waals surface area (Å²) >= 11 is 1.77. The first-order chi connectivity index (χ1) is 12.1. The highest BCUT2D eigenvalue weighted by Gasteiger charge is 2.15. The Balaban J connectivity index is 0.00000338. The highest BCUT2D eigenvalue weighted by molar-refractivity contribution is 14.0. The molecule has 0 saturated heterocycles. The van der Waals surface area contributed by atoms with Gasteiger partial charge < -0.3 is 24.8 Å². The zero-order chi connectivity index (χ0) is 18.2. The molecule has 0 radical (unpaired) electrons. The smallest absolute Gasteiger partial charge is 0.203 e. The van der Waals surface area contributed by atoms with Crippen LogP contribution in [0.25, 0.3) is 0 Å². The molecule has 2 N–H and O–H groups in total. The number of halogens is 1. The number of rotatable bonds is 7. The maximum absolute atomic E-state index is 5.50. The summed E-state index contributed by atoms with van der Waals surface area (Å²) in [5.74, 6) is 2.60. The van der Waals surface area contributed by atoms with Crippen molar-refractivity contribution in [3.05, 3.63) is 39.6 Å². The van der Waals surface area contributed by atoms with Crippen LogP contribution in [0, 0.1) is 6.92 Å². The van der Waals surface area contributed by atoms with Crippen LogP contribution in [0.1, 0.15) is 15.3 Å². The van der Waals surface area contributed by atoms with Crippen molar-refractivity contribution < 1.29 is 14.2 Å². The Morgan fingerprint density at radius 1 is 0.962 bits per heavy atom. The third kappa shape index (κ3) is 5.66. The fourth-order valence-electron chi connectivity index (χ4n) is 2.45. The van der Waals surface area contributed by atoms with Gasteiger partial charge in [0.05, 0.1) is 27.9 Å². The molecule has 0 saturated carbocycles. The van der Waals surface area contributed by atoms with Crippen molar-refractivity contribution in [1.82, 2.24) is 10.6 Å². The number of benzene rings is 1. The third-order valence-electron chi connectivity index (χ3n) is 3.68. The van der Waals surface area contributed by atoms with Gasteiger partial charge in [-0.1, -0.05) is 0 Å². The molecule has 0 amide bonds. The van der Waals surface area contributed by atoms with Crippen molar-refractivity contribution in [1.29, 1.82) is 0 Å². The quantitative estimate of drug-likeness (QED) is 0.353. The SMILES string of the molecule is CN=C(NCc1ccc(C)s1)NCc1ccc(OC)c(OC)c1OC.I. The summed E-state index contributed by atoms with van der Waals surface area (Å²) in [5.41, 5.74) is 0.954. The van der Waals surface area contributed by atoms with E-state index in [1.807, 2.05) is 12.1 Å². The lowest BCUT2D eigenvalue weighted by Gasteiger charge is -2.17. The van der Waals surface area contributed by atoms with Gasteiger partial charge in [-0.15, -0.1) is 35.3 Å². The highest BCUT2D eigenvalue weighted by Crippen LogP contribution is 2.39. The van der Waals surface area contributed by atoms with Gasteiger partial charge in [0.15, 0.2) is 17.5 Å². The lowest BCUT2D eigenvalue weighted by atomic mass is 10.1. The topological polar surface area (TPSA) is 64.1 Å². The number of hydrogen-bond acceptors (Lipinski definition) is 5. The number of thiophene rings is 1. The molecule has 26 heavy (non-hydrogen) atoms. The Bertz CT molecular complexity index is 734. The summed E-state index contributed by atoms with van der Waals surface area (Å²) in [6.45, 7) is 3.39. The van der Waals surface area contributed by atoms with Crippen LogP contribution < -0.4 is 24.8 Å². The van der Waals surface area contributed by atoms with E-state index in [0.717, 1.165) is 18.1 Å². The second-order valence-corrected chi connectivity index (χ2v) is 6.66. The molecule has 0 bridgehead atoms. The van der Waals surface area contributed by atoms with Crippen molar-refractivity contribution in [2.75, 3.05) is 28.4 Å². The molecule has 6 nitrogen and oxygen atoms in total. The number of hydrogen-bond donors (Lipinski definition) is 2. The van der Waals surface area contributed by atoms with E-state index in [1.54, 1.807) is 39.7 Å². The fraction of sp³-hybridized carbons (Fsp3) is 0.389. The Morgan fingerprint density at radius 3 is 2.19 bits per heavy atom. The Labute approximate surface area is 176 Å². The van der Waals surface area contributed by atoms with Gasteiger partial charge in [0.2, 0.25) is 5.75 Å². The van der Waals surface area contributed by atoms with Crippen LogP contribution in [-0.2, 0) is 13.1 Å². The number of ether oxygens (including phenoxy) is 3. The van der Waals surface area contributed by atoms with Crippen molar-refractivity contribution in [3.8, 4) is 17.2 Å². The average Bonchev–Trinajstić information content (AvgIpc) is 3.06. The summed E-state index contributed by atoms with van der Waals surface area (Å²) in [5, 5.41) is 6.60. The first-order valence-electron chi connectivity index (χ1n) is 7.90. The average molecular weight is 491 g/mol. The van der Waals surface area contributed by atoms with Gasteiger partial charge in [0.1, 0.15) is 0 Å². The van der Waals surface area contributed by atoms with E-state index in [4.69, 9.17) is 14.2 Å². The summed E-state index contributed by atoms with van der Waals surface area (Å²) in [6, 6.07) is 8.05. The Morgan fingerprint density at radius 2 is 1.65 bits per heavy atom. The van der Waals surface area contributed by atoms with E-state index in [1.165, 1.54) is 9.75 Å². The second-order valence-electron chi connectivity index (χ2n) is 5.29. The first kappa shape index (κ1) is 22.4. The third-order valence-corrected chi connectivity index (χ3v) is 4.68. The maximum atomic E-state index is 5.50. The summed E-state index contributed by atoms with van der Waals surface area (Å²) < 4.78 is 16.2. The standard InChI is InChI=1S/C18H25N3O3S.HI/c1-12-6-8-14(25-12)11-21-18(19-2)20-10-13-7-9-15(22-3)17(24-5)16(13)23-4;/h6-9H,10-11H2,1-5H3,(H2,19,20,21);1H. The summed E-state index contributed by atoms with van der Waals surface area (Å²) in [6.07, 6.45) is 0. The minimum atomic E-state index is 0. The highest BCUT2D eigenvalue weighted by atomic mass is 127. The van der Waals surface area contributed by atoms with E-state index in [9.17, 15) is 0 Å². The molecule has 1 aromatic carbocycles. The molecular weight excluding hydrogens is 465 g/mol. The molecule has 0 atom stereocenters. The number of methoxy groups -OCH3 is 3. The number of guanidine groups is 1. The molecule has 0 aliphatic heterocycles. The summed E-state index contributed by atoms with van der Waals surface area (Å²) in [4.78, 5) is 6.83. The zero-order valence-corrected chi connectivity index (χ0v) is 18.9. The van der Waals surface area contributed by atoms with Crippen LogP contribution in [-0.4, -0.2) is 34.3 Å². The molecule has 0 unspecified atom stereocenters. The van der Waals surface area contributed by atoms with Gasteiger partial charge in [-0.2, -0.15) is 0 Å². The molecule has 1 heterocycles. The monoisotopic (exact) mass is 491 g/mol. The zero-order valence-electron chi connectivity index (χ0n) is 15.7. The van der Waals surface area contributed by atoms with Gasteiger partial charge in [-0.05, 0) is 31.2 Å². The Hall–Kier alpha value is -1.68. The lowest BCUT2D eigenvalue weighted by molar-refractivity contribution is 0.322. The molecule has 1 aromatic heterocycles. The van der Waals surface area contributed by atoms with Crippen LogP contribution in [0.3, 0.4) is 0 Å². The number of nitrogens with one attached hydrogen (secondary N) is 2. The molecule has 0 aliphatic rings. The molecule has 0 fully saturated rings. The molecule has 8 heteroatoms. The van der Waals surface area contributed by atoms with Gasteiger partial charge >= 0.3 is 0 Å². The van der Waals surface area contributed by atoms with E-state index < -0.39 is 0 Å². The number of aliphatic imine (C=N–C) groups is 1. The van der Waals surface area contributed by atoms with E-state index >= 15 is 0 Å². The minimum absolute atomic E-state index is 0. The molecule has 2 rings (SSSR count). The lowest BCUT2D eigenvalue weighted by Crippen LogP contribution is -2.36. The molecule has 0 aliphatic carbocycles. The number of nitrogens with zero attached hydrogens (tertiary/aromatic N) is 1. The predicted octanol–water partition coefficient (Wildman–Crippen LogP) is 3.57. The van der Waals surface area contributed by atoms with Gasteiger partial charge in [-0.3, -0.25) is 4.99 Å². The van der Waals surface area contributed by atoms with E-state index in [0.29, 0.717) is 23.8 Å². The molecular formula is C18H26IN3O3S. The van der Waals surface area contributed by atoms with Crippen molar-refractivity contribution in [3.63, 3.8) is 0 Å². The summed E-state index contributed by atoms with van der Waals surface area (Å²) in [7, 11) is 6.57. The van der Waals surface area contributed by atoms with Crippen LogP contribution in [0.5, 0.6) is 17.2 Å². The molecule has 144 valence electrons. The van der Waals surface area contributed by atoms with E-state index in [2.05, 4.69) is 34.7 Å². The predicted molar refractivity (Wildman–Crippen MR) is 118 cm³/mol. The first-order valence-corrected chi connectivity index (χ1v) is 8.72. The van der Waals surface area contributed by atoms with Crippen molar-refractivity contribution in [2.45, 2.75) is 20.0 Å². The van der Waals surface area contributed by atoms with Crippen LogP contribution in [0.4, 0.5) is 0 Å². The van der Waals surface area contributed by atoms with Crippen LogP contribution in [0.15, 0.2) is 29.3 Å². The number of aryl methyl sites for hydroxylation is 1. The fourth-order valence-corrected chi connectivity index (χ4v) is 3.28. The van der Waals surface area contributed by atoms with Crippen LogP contribution >= 0.6 is 35.3 Å². The van der Waals surface area contributed by atoms with Crippen molar-refractivity contribution in [2.24, 2.45) is 4.99 Å². The maximum Gasteiger partial charge on any atom is 0.203 e. The molecule has 0 spiro atoms. The normalized spacial score (nSPS) is 10.7. The molecule has 2 aromatic rings. The van der Waals surface area contributed by atoms with Crippen LogP contribution in [0.2, 0.25) is 0 Å². The van der Waals surface area contributed by atoms with E-state index in [-0.39, 0.29) is 24.0 Å². The van der Waals surface area contributed by atoms with Crippen molar-refractivity contribution >= 4 is 41.3 Å². The largest absolute Gasteiger partial charge is 0.493 e. The van der Waals surface area contributed by atoms with Gasteiger partial charge in [0.25, 0.3) is 0 Å². The van der Waals surface area contributed by atoms with Gasteiger partial charge in [0, 0.05) is 28.9 Å². The second kappa shape index (κ2) is 11.1.